The number of amides is 2. The minimum absolute atomic E-state index is 0.146. The van der Waals surface area contributed by atoms with Crippen molar-refractivity contribution in [2.24, 2.45) is 0 Å². The highest BCUT2D eigenvalue weighted by Crippen LogP contribution is 2.24. The van der Waals surface area contributed by atoms with E-state index in [1.807, 2.05) is 32.0 Å². The molecule has 2 aromatic carbocycles. The lowest BCUT2D eigenvalue weighted by atomic mass is 10.1. The lowest BCUT2D eigenvalue weighted by Gasteiger charge is -2.14. The molecule has 0 bridgehead atoms. The highest BCUT2D eigenvalue weighted by atomic mass is 16.5. The van der Waals surface area contributed by atoms with Crippen molar-refractivity contribution in [1.82, 2.24) is 0 Å². The minimum atomic E-state index is -0.522. The Labute approximate surface area is 153 Å². The summed E-state index contributed by atoms with van der Waals surface area (Å²) in [6.07, 6.45) is -0.295. The number of benzene rings is 2. The van der Waals surface area contributed by atoms with Gasteiger partial charge in [-0.05, 0) is 55.7 Å². The van der Waals surface area contributed by atoms with Gasteiger partial charge >= 0.3 is 6.09 Å². The molecule has 0 heterocycles. The first-order chi connectivity index (χ1) is 12.4. The van der Waals surface area contributed by atoms with Crippen molar-refractivity contribution >= 4 is 23.4 Å². The molecule has 0 radical (unpaired) electrons. The fourth-order valence-corrected chi connectivity index (χ4v) is 2.54. The van der Waals surface area contributed by atoms with Gasteiger partial charge in [-0.25, -0.2) is 4.79 Å². The molecule has 2 aromatic rings. The summed E-state index contributed by atoms with van der Waals surface area (Å²) in [5.74, 6) is 0.611. The first kappa shape index (κ1) is 19.3. The monoisotopic (exact) mass is 356 g/mol. The zero-order chi connectivity index (χ0) is 19.1. The fraction of sp³-hybridized carbons (Fsp3) is 0.300. The summed E-state index contributed by atoms with van der Waals surface area (Å²) in [7, 11) is 1.61. The van der Waals surface area contributed by atoms with Crippen LogP contribution in [-0.2, 0) is 16.0 Å². The van der Waals surface area contributed by atoms with Crippen LogP contribution in [-0.4, -0.2) is 25.7 Å². The Morgan fingerprint density at radius 3 is 2.38 bits per heavy atom. The summed E-state index contributed by atoms with van der Waals surface area (Å²) < 4.78 is 10.2. The van der Waals surface area contributed by atoms with Crippen molar-refractivity contribution in [1.29, 1.82) is 0 Å². The number of nitrogens with one attached hydrogen (secondary N) is 2. The Hall–Kier alpha value is -3.02. The van der Waals surface area contributed by atoms with Crippen LogP contribution in [0.1, 0.15) is 23.6 Å². The van der Waals surface area contributed by atoms with E-state index >= 15 is 0 Å². The highest BCUT2D eigenvalue weighted by Gasteiger charge is 2.11. The van der Waals surface area contributed by atoms with Crippen LogP contribution in [0.25, 0.3) is 0 Å². The lowest BCUT2D eigenvalue weighted by Crippen LogP contribution is -2.17. The van der Waals surface area contributed by atoms with E-state index in [1.165, 1.54) is 0 Å². The lowest BCUT2D eigenvalue weighted by molar-refractivity contribution is -0.115. The maximum Gasteiger partial charge on any atom is 0.411 e. The third-order valence-electron chi connectivity index (χ3n) is 3.96. The molecule has 0 unspecified atom stereocenters. The number of ether oxygens (including phenoxy) is 2. The highest BCUT2D eigenvalue weighted by molar-refractivity contribution is 5.95. The van der Waals surface area contributed by atoms with E-state index in [-0.39, 0.29) is 12.3 Å². The Bertz CT molecular complexity index is 802. The standard InChI is InChI=1S/C20H24N2O4/c1-5-26-20(24)22-17-8-6-7-16(14(17)3)21-19(23)12-15-10-9-13(2)18(11-15)25-4/h6-11H,5,12H2,1-4H3,(H,21,23)(H,22,24). The molecule has 0 saturated carbocycles. The van der Waals surface area contributed by atoms with Gasteiger partial charge < -0.3 is 14.8 Å². The first-order valence-corrected chi connectivity index (χ1v) is 8.41. The van der Waals surface area contributed by atoms with E-state index in [0.717, 1.165) is 22.4 Å². The Morgan fingerprint density at radius 1 is 1.04 bits per heavy atom. The van der Waals surface area contributed by atoms with Gasteiger partial charge in [0.15, 0.2) is 0 Å². The van der Waals surface area contributed by atoms with Gasteiger partial charge in [0.1, 0.15) is 5.75 Å². The van der Waals surface area contributed by atoms with Gasteiger partial charge in [0.2, 0.25) is 5.91 Å². The molecule has 0 saturated heterocycles. The van der Waals surface area contributed by atoms with Crippen LogP contribution in [0.5, 0.6) is 5.75 Å². The van der Waals surface area contributed by atoms with Crippen molar-refractivity contribution in [3.63, 3.8) is 0 Å². The summed E-state index contributed by atoms with van der Waals surface area (Å²) in [4.78, 5) is 24.0. The fourth-order valence-electron chi connectivity index (χ4n) is 2.54. The zero-order valence-corrected chi connectivity index (χ0v) is 15.5. The Balaban J connectivity index is 2.08. The number of aryl methyl sites for hydroxylation is 1. The summed E-state index contributed by atoms with van der Waals surface area (Å²) in [6, 6.07) is 11.0. The molecular formula is C20H24N2O4. The number of rotatable bonds is 6. The van der Waals surface area contributed by atoms with Crippen LogP contribution in [0.3, 0.4) is 0 Å². The van der Waals surface area contributed by atoms with Gasteiger partial charge in [0.05, 0.1) is 20.1 Å². The molecule has 6 heteroatoms. The number of methoxy groups -OCH3 is 1. The number of hydrogen-bond donors (Lipinski definition) is 2. The summed E-state index contributed by atoms with van der Waals surface area (Å²) >= 11 is 0. The summed E-state index contributed by atoms with van der Waals surface area (Å²) in [6.45, 7) is 5.81. The molecule has 0 atom stereocenters. The topological polar surface area (TPSA) is 76.7 Å². The molecule has 0 aromatic heterocycles. The molecule has 0 spiro atoms. The number of carbonyl (C=O) groups is 2. The normalized spacial score (nSPS) is 10.2. The number of hydrogen-bond acceptors (Lipinski definition) is 4. The van der Waals surface area contributed by atoms with Crippen molar-refractivity contribution in [2.45, 2.75) is 27.2 Å². The van der Waals surface area contributed by atoms with E-state index in [1.54, 1.807) is 32.2 Å². The molecule has 0 aliphatic rings. The van der Waals surface area contributed by atoms with Crippen LogP contribution in [0.4, 0.5) is 16.2 Å². The first-order valence-electron chi connectivity index (χ1n) is 8.41. The van der Waals surface area contributed by atoms with Crippen molar-refractivity contribution in [2.75, 3.05) is 24.4 Å². The van der Waals surface area contributed by atoms with Crippen molar-refractivity contribution in [3.05, 3.63) is 53.1 Å². The van der Waals surface area contributed by atoms with E-state index in [4.69, 9.17) is 9.47 Å². The van der Waals surface area contributed by atoms with Crippen LogP contribution >= 0.6 is 0 Å². The maximum absolute atomic E-state index is 12.4. The van der Waals surface area contributed by atoms with Gasteiger partial charge in [-0.3, -0.25) is 10.1 Å². The molecule has 26 heavy (non-hydrogen) atoms. The third kappa shape index (κ3) is 4.99. The van der Waals surface area contributed by atoms with Gasteiger partial charge in [0, 0.05) is 11.4 Å². The SMILES string of the molecule is CCOC(=O)Nc1cccc(NC(=O)Cc2ccc(C)c(OC)c2)c1C. The van der Waals surface area contributed by atoms with Crippen LogP contribution in [0.15, 0.2) is 36.4 Å². The molecule has 2 rings (SSSR count). The second-order valence-electron chi connectivity index (χ2n) is 5.85. The largest absolute Gasteiger partial charge is 0.496 e. The Morgan fingerprint density at radius 2 is 1.73 bits per heavy atom. The average molecular weight is 356 g/mol. The molecule has 2 amide bonds. The quantitative estimate of drug-likeness (QED) is 0.818. The zero-order valence-electron chi connectivity index (χ0n) is 15.5. The number of anilines is 2. The molecule has 2 N–H and O–H groups in total. The van der Waals surface area contributed by atoms with Gasteiger partial charge in [-0.1, -0.05) is 18.2 Å². The average Bonchev–Trinajstić information content (AvgIpc) is 2.60. The molecule has 0 aliphatic carbocycles. The van der Waals surface area contributed by atoms with Crippen molar-refractivity contribution < 1.29 is 19.1 Å². The molecule has 6 nitrogen and oxygen atoms in total. The maximum atomic E-state index is 12.4. The van der Waals surface area contributed by atoms with Gasteiger partial charge in [0.25, 0.3) is 0 Å². The number of carbonyl (C=O) groups excluding carboxylic acids is 2. The second-order valence-corrected chi connectivity index (χ2v) is 5.85. The van der Waals surface area contributed by atoms with E-state index < -0.39 is 6.09 Å². The minimum Gasteiger partial charge on any atom is -0.496 e. The molecule has 138 valence electrons. The van der Waals surface area contributed by atoms with E-state index in [0.29, 0.717) is 18.0 Å². The van der Waals surface area contributed by atoms with Crippen LogP contribution in [0, 0.1) is 13.8 Å². The van der Waals surface area contributed by atoms with Gasteiger partial charge in [-0.15, -0.1) is 0 Å². The van der Waals surface area contributed by atoms with E-state index in [9.17, 15) is 9.59 Å². The second kappa shape index (κ2) is 8.89. The summed E-state index contributed by atoms with van der Waals surface area (Å²) in [5, 5.41) is 5.55. The summed E-state index contributed by atoms with van der Waals surface area (Å²) in [5.41, 5.74) is 3.88. The molecule has 0 aliphatic heterocycles. The predicted octanol–water partition coefficient (Wildman–Crippen LogP) is 4.06. The van der Waals surface area contributed by atoms with Gasteiger partial charge in [-0.2, -0.15) is 0 Å². The molecule has 0 fully saturated rings. The molecular weight excluding hydrogens is 332 g/mol. The van der Waals surface area contributed by atoms with Crippen LogP contribution < -0.4 is 15.4 Å². The third-order valence-corrected chi connectivity index (χ3v) is 3.96. The smallest absolute Gasteiger partial charge is 0.411 e. The Kier molecular flexibility index (Phi) is 6.60. The van der Waals surface area contributed by atoms with E-state index in [2.05, 4.69) is 10.6 Å². The predicted molar refractivity (Wildman–Crippen MR) is 102 cm³/mol. The van der Waals surface area contributed by atoms with Crippen molar-refractivity contribution in [3.8, 4) is 5.75 Å². The van der Waals surface area contributed by atoms with Crippen LogP contribution in [0.2, 0.25) is 0 Å².